The fraction of sp³-hybridized carbons (Fsp3) is 0.375. The highest BCUT2D eigenvalue weighted by molar-refractivity contribution is 7.98. The molecule has 1 saturated heterocycles. The van der Waals surface area contributed by atoms with E-state index in [1.54, 1.807) is 11.8 Å². The van der Waals surface area contributed by atoms with Gasteiger partial charge in [-0.2, -0.15) is 0 Å². The summed E-state index contributed by atoms with van der Waals surface area (Å²) in [6.07, 6.45) is 1.97. The van der Waals surface area contributed by atoms with Crippen molar-refractivity contribution >= 4 is 17.6 Å². The Morgan fingerprint density at radius 3 is 2.50 bits per heavy atom. The largest absolute Gasteiger partial charge is 0.354 e. The van der Waals surface area contributed by atoms with Gasteiger partial charge in [-0.25, -0.2) is 10.2 Å². The molecule has 8 heteroatoms. The third-order valence-corrected chi connectivity index (χ3v) is 5.62. The Kier molecular flexibility index (Phi) is 3.75. The summed E-state index contributed by atoms with van der Waals surface area (Å²) in [5, 5.41) is 3.24. The summed E-state index contributed by atoms with van der Waals surface area (Å²) < 4.78 is 0. The van der Waals surface area contributed by atoms with E-state index in [0.29, 0.717) is 11.4 Å². The minimum Gasteiger partial charge on any atom is -0.354 e. The van der Waals surface area contributed by atoms with Crippen molar-refractivity contribution < 1.29 is 0 Å². The molecule has 0 spiro atoms. The van der Waals surface area contributed by atoms with Gasteiger partial charge in [-0.1, -0.05) is 12.1 Å². The summed E-state index contributed by atoms with van der Waals surface area (Å²) in [6.45, 7) is 2.09. The molecular formula is C16H19N5O2S. The van der Waals surface area contributed by atoms with Gasteiger partial charge < -0.3 is 5.32 Å². The van der Waals surface area contributed by atoms with Crippen molar-refractivity contribution in [2.24, 2.45) is 5.92 Å². The predicted octanol–water partition coefficient (Wildman–Crippen LogP) is 0.781. The van der Waals surface area contributed by atoms with Gasteiger partial charge in [0.25, 0.3) is 5.56 Å². The number of hydrogen-bond acceptors (Lipinski definition) is 6. The Labute approximate surface area is 142 Å². The molecule has 3 heterocycles. The van der Waals surface area contributed by atoms with Crippen LogP contribution in [0.15, 0.2) is 38.8 Å². The van der Waals surface area contributed by atoms with Crippen molar-refractivity contribution in [1.29, 1.82) is 0 Å². The van der Waals surface area contributed by atoms with Crippen LogP contribution in [0.4, 0.5) is 5.82 Å². The number of rotatable bonds is 2. The second-order valence-corrected chi connectivity index (χ2v) is 7.10. The van der Waals surface area contributed by atoms with E-state index in [2.05, 4.69) is 57.3 Å². The van der Waals surface area contributed by atoms with Crippen molar-refractivity contribution in [2.45, 2.75) is 29.9 Å². The number of nitrogens with one attached hydrogen (secondary N) is 5. The summed E-state index contributed by atoms with van der Waals surface area (Å²) in [6, 6.07) is 8.44. The summed E-state index contributed by atoms with van der Waals surface area (Å²) in [4.78, 5) is 30.4. The number of H-pyrrole nitrogens is 2. The Hall–Kier alpha value is -2.03. The van der Waals surface area contributed by atoms with Crippen LogP contribution in [-0.2, 0) is 0 Å². The second kappa shape index (κ2) is 5.80. The van der Waals surface area contributed by atoms with Crippen LogP contribution in [-0.4, -0.2) is 28.4 Å². The van der Waals surface area contributed by atoms with Crippen molar-refractivity contribution in [3.63, 3.8) is 0 Å². The number of hydrazine groups is 1. The quantitative estimate of drug-likeness (QED) is 0.516. The highest BCUT2D eigenvalue weighted by Gasteiger charge is 2.45. The Bertz CT molecular complexity index is 875. The third-order valence-electron chi connectivity index (χ3n) is 4.88. The van der Waals surface area contributed by atoms with Gasteiger partial charge in [-0.3, -0.25) is 20.2 Å². The molecule has 1 aromatic carbocycles. The summed E-state index contributed by atoms with van der Waals surface area (Å²) in [7, 11) is 0. The normalized spacial score (nSPS) is 28.1. The van der Waals surface area contributed by atoms with Crippen molar-refractivity contribution in [2.75, 3.05) is 11.6 Å². The first-order valence-corrected chi connectivity index (χ1v) is 9.09. The van der Waals surface area contributed by atoms with Crippen LogP contribution in [0.3, 0.4) is 0 Å². The molecule has 5 N–H and O–H groups in total. The van der Waals surface area contributed by atoms with Gasteiger partial charge in [0.15, 0.2) is 0 Å². The van der Waals surface area contributed by atoms with Crippen LogP contribution in [0.5, 0.6) is 0 Å². The maximum atomic E-state index is 12.5. The fourth-order valence-electron chi connectivity index (χ4n) is 3.77. The van der Waals surface area contributed by atoms with E-state index in [-0.39, 0.29) is 29.6 Å². The van der Waals surface area contributed by atoms with E-state index in [4.69, 9.17) is 0 Å². The first-order chi connectivity index (χ1) is 11.6. The molecule has 1 aromatic heterocycles. The molecule has 0 saturated carbocycles. The first kappa shape index (κ1) is 15.5. The lowest BCUT2D eigenvalue weighted by molar-refractivity contribution is 0.386. The monoisotopic (exact) mass is 345 g/mol. The van der Waals surface area contributed by atoms with Crippen molar-refractivity contribution in [3.8, 4) is 0 Å². The fourth-order valence-corrected chi connectivity index (χ4v) is 4.18. The molecular weight excluding hydrogens is 326 g/mol. The van der Waals surface area contributed by atoms with Gasteiger partial charge in [-0.15, -0.1) is 11.8 Å². The molecule has 0 amide bonds. The molecule has 2 aromatic rings. The number of aromatic amines is 2. The molecule has 0 aliphatic carbocycles. The lowest BCUT2D eigenvalue weighted by Gasteiger charge is -2.36. The minimum absolute atomic E-state index is 0.0600. The summed E-state index contributed by atoms with van der Waals surface area (Å²) in [5.74, 6) is 0.525. The zero-order valence-corrected chi connectivity index (χ0v) is 14.2. The highest BCUT2D eigenvalue weighted by Crippen LogP contribution is 2.42. The average molecular weight is 345 g/mol. The zero-order valence-electron chi connectivity index (χ0n) is 13.3. The molecule has 2 aliphatic rings. The molecule has 0 radical (unpaired) electrons. The van der Waals surface area contributed by atoms with E-state index in [1.165, 1.54) is 4.90 Å². The van der Waals surface area contributed by atoms with Crippen LogP contribution in [0, 0.1) is 5.92 Å². The van der Waals surface area contributed by atoms with E-state index >= 15 is 0 Å². The van der Waals surface area contributed by atoms with Crippen molar-refractivity contribution in [3.05, 3.63) is 56.2 Å². The molecule has 24 heavy (non-hydrogen) atoms. The van der Waals surface area contributed by atoms with Gasteiger partial charge in [0.1, 0.15) is 5.82 Å². The second-order valence-electron chi connectivity index (χ2n) is 6.22. The number of aromatic nitrogens is 2. The summed E-state index contributed by atoms with van der Waals surface area (Å²) >= 11 is 1.68. The molecule has 7 nitrogen and oxygen atoms in total. The SMILES string of the molecule is CSc1ccc(C2c3c([nH]c(=O)[nH]c3=O)NC3NNC(C)C32)cc1. The number of thioether (sulfide) groups is 1. The van der Waals surface area contributed by atoms with Crippen LogP contribution < -0.4 is 27.4 Å². The zero-order chi connectivity index (χ0) is 16.8. The number of hydrogen-bond donors (Lipinski definition) is 5. The minimum atomic E-state index is -0.500. The Morgan fingerprint density at radius 1 is 1.04 bits per heavy atom. The predicted molar refractivity (Wildman–Crippen MR) is 94.4 cm³/mol. The van der Waals surface area contributed by atoms with Crippen LogP contribution in [0.25, 0.3) is 0 Å². The molecule has 0 bridgehead atoms. The maximum Gasteiger partial charge on any atom is 0.327 e. The van der Waals surface area contributed by atoms with Crippen LogP contribution in [0.2, 0.25) is 0 Å². The highest BCUT2D eigenvalue weighted by atomic mass is 32.2. The van der Waals surface area contributed by atoms with Crippen molar-refractivity contribution in [1.82, 2.24) is 20.8 Å². The average Bonchev–Trinajstić information content (AvgIpc) is 2.94. The molecule has 1 fully saturated rings. The molecule has 126 valence electrons. The van der Waals surface area contributed by atoms with Gasteiger partial charge in [-0.05, 0) is 30.9 Å². The smallest absolute Gasteiger partial charge is 0.327 e. The van der Waals surface area contributed by atoms with Gasteiger partial charge >= 0.3 is 5.69 Å². The first-order valence-electron chi connectivity index (χ1n) is 7.86. The Morgan fingerprint density at radius 2 is 1.79 bits per heavy atom. The molecule has 2 aliphatic heterocycles. The molecule has 4 rings (SSSR count). The lowest BCUT2D eigenvalue weighted by Crippen LogP contribution is -2.47. The Balaban J connectivity index is 1.91. The molecule has 4 unspecified atom stereocenters. The number of anilines is 1. The number of benzene rings is 1. The number of fused-ring (bicyclic) bond motifs is 2. The topological polar surface area (TPSA) is 102 Å². The van der Waals surface area contributed by atoms with E-state index in [1.807, 2.05) is 6.26 Å². The van der Waals surface area contributed by atoms with Gasteiger partial charge in [0.05, 0.1) is 11.7 Å². The van der Waals surface area contributed by atoms with E-state index in [9.17, 15) is 9.59 Å². The maximum absolute atomic E-state index is 12.5. The van der Waals surface area contributed by atoms with Gasteiger partial charge in [0.2, 0.25) is 0 Å². The molecule has 4 atom stereocenters. The lowest BCUT2D eigenvalue weighted by atomic mass is 9.75. The van der Waals surface area contributed by atoms with Gasteiger partial charge in [0, 0.05) is 22.8 Å². The standard InChI is InChI=1S/C16H19N5O2S/c1-7-10-11(8-3-5-9(24-2)6-4-8)12-13(17-14(10)21-20-7)18-16(23)19-15(12)22/h3-7,10-11,14,20-21H,1-2H3,(H3,17,18,19,22,23). The van der Waals surface area contributed by atoms with Crippen LogP contribution in [0.1, 0.15) is 24.0 Å². The van der Waals surface area contributed by atoms with E-state index in [0.717, 1.165) is 5.56 Å². The van der Waals surface area contributed by atoms with E-state index < -0.39 is 5.69 Å². The third kappa shape index (κ3) is 2.38. The van der Waals surface area contributed by atoms with Crippen LogP contribution >= 0.6 is 11.8 Å². The summed E-state index contributed by atoms with van der Waals surface area (Å²) in [5.41, 5.74) is 7.27.